The van der Waals surface area contributed by atoms with Crippen molar-refractivity contribution in [3.63, 3.8) is 0 Å². The fourth-order valence-corrected chi connectivity index (χ4v) is 3.16. The third-order valence-corrected chi connectivity index (χ3v) is 4.64. The lowest BCUT2D eigenvalue weighted by Crippen LogP contribution is -2.27. The van der Waals surface area contributed by atoms with Crippen molar-refractivity contribution in [2.45, 2.75) is 13.0 Å². The zero-order valence-corrected chi connectivity index (χ0v) is 15.7. The van der Waals surface area contributed by atoms with Crippen LogP contribution in [-0.4, -0.2) is 27.4 Å². The van der Waals surface area contributed by atoms with Gasteiger partial charge >= 0.3 is 0 Å². The van der Waals surface area contributed by atoms with Crippen LogP contribution in [0.3, 0.4) is 0 Å². The second-order valence-electron chi connectivity index (χ2n) is 6.45. The van der Waals surface area contributed by atoms with Crippen LogP contribution >= 0.6 is 0 Å². The molecule has 28 heavy (non-hydrogen) atoms. The smallest absolute Gasteiger partial charge is 0.272 e. The van der Waals surface area contributed by atoms with Crippen LogP contribution in [0.5, 0.6) is 5.75 Å². The number of ether oxygens (including phenoxy) is 1. The van der Waals surface area contributed by atoms with Gasteiger partial charge in [0.05, 0.1) is 18.8 Å². The molecule has 1 atom stereocenters. The summed E-state index contributed by atoms with van der Waals surface area (Å²) in [5.41, 5.74) is 3.66. The second-order valence-corrected chi connectivity index (χ2v) is 6.45. The number of hydrogen-bond acceptors (Lipinski definition) is 4. The molecule has 140 valence electrons. The first-order valence-electron chi connectivity index (χ1n) is 8.99. The molecular weight excluding hydrogens is 352 g/mol. The minimum absolute atomic E-state index is 0.185. The average molecular weight is 372 g/mol. The first-order chi connectivity index (χ1) is 13.7. The summed E-state index contributed by atoms with van der Waals surface area (Å²) in [6, 6.07) is 16.9. The fourth-order valence-electron chi connectivity index (χ4n) is 3.16. The van der Waals surface area contributed by atoms with Crippen molar-refractivity contribution in [3.8, 4) is 17.0 Å². The molecule has 4 rings (SSSR count). The standard InChI is InChI=1S/C22H20N4O2/c1-15(17-6-5-12-23-14-17)24-22(27)20-21(16-8-10-18(28-2)11-9-16)26-13-4-3-7-19(26)25-20/h3-15H,1-2H3,(H,24,27)/t15-/m1/s1. The number of imidazole rings is 1. The molecule has 1 amide bonds. The van der Waals surface area contributed by atoms with E-state index >= 15 is 0 Å². The van der Waals surface area contributed by atoms with Crippen LogP contribution in [0.1, 0.15) is 29.0 Å². The summed E-state index contributed by atoms with van der Waals surface area (Å²) in [7, 11) is 1.63. The van der Waals surface area contributed by atoms with Gasteiger partial charge in [0.2, 0.25) is 0 Å². The topological polar surface area (TPSA) is 68.5 Å². The summed E-state index contributed by atoms with van der Waals surface area (Å²) in [6.45, 7) is 1.93. The normalized spacial score (nSPS) is 11.9. The summed E-state index contributed by atoms with van der Waals surface area (Å²) < 4.78 is 7.17. The highest BCUT2D eigenvalue weighted by molar-refractivity contribution is 5.99. The average Bonchev–Trinajstić information content (AvgIpc) is 3.14. The number of carbonyl (C=O) groups excluding carboxylic acids is 1. The van der Waals surface area contributed by atoms with Gasteiger partial charge in [-0.25, -0.2) is 4.98 Å². The molecule has 4 aromatic rings. The third kappa shape index (κ3) is 3.32. The molecule has 3 aromatic heterocycles. The van der Waals surface area contributed by atoms with Gasteiger partial charge in [-0.05, 0) is 55.0 Å². The molecule has 0 saturated carbocycles. The van der Waals surface area contributed by atoms with Crippen molar-refractivity contribution >= 4 is 11.6 Å². The lowest BCUT2D eigenvalue weighted by Gasteiger charge is -2.14. The van der Waals surface area contributed by atoms with E-state index in [1.165, 1.54) is 0 Å². The number of amides is 1. The van der Waals surface area contributed by atoms with Crippen molar-refractivity contribution in [3.05, 3.63) is 84.4 Å². The predicted molar refractivity (Wildman–Crippen MR) is 107 cm³/mol. The van der Waals surface area contributed by atoms with Crippen molar-refractivity contribution in [2.24, 2.45) is 0 Å². The Morgan fingerprint density at radius 2 is 1.93 bits per heavy atom. The second kappa shape index (κ2) is 7.52. The third-order valence-electron chi connectivity index (χ3n) is 4.64. The van der Waals surface area contributed by atoms with Crippen molar-refractivity contribution < 1.29 is 9.53 Å². The van der Waals surface area contributed by atoms with Gasteiger partial charge in [0.1, 0.15) is 11.4 Å². The quantitative estimate of drug-likeness (QED) is 0.577. The van der Waals surface area contributed by atoms with E-state index in [1.807, 2.05) is 72.1 Å². The number of carbonyl (C=O) groups is 1. The van der Waals surface area contributed by atoms with Crippen LogP contribution in [0.25, 0.3) is 16.9 Å². The van der Waals surface area contributed by atoms with Crippen molar-refractivity contribution in [1.29, 1.82) is 0 Å². The van der Waals surface area contributed by atoms with Crippen LogP contribution < -0.4 is 10.1 Å². The van der Waals surface area contributed by atoms with Crippen LogP contribution in [0.4, 0.5) is 0 Å². The highest BCUT2D eigenvalue weighted by atomic mass is 16.5. The lowest BCUT2D eigenvalue weighted by molar-refractivity contribution is 0.0936. The zero-order chi connectivity index (χ0) is 19.5. The van der Waals surface area contributed by atoms with Gasteiger partial charge in [-0.2, -0.15) is 0 Å². The van der Waals surface area contributed by atoms with Crippen LogP contribution in [0.2, 0.25) is 0 Å². The molecule has 3 heterocycles. The number of aromatic nitrogens is 3. The van der Waals surface area contributed by atoms with E-state index in [1.54, 1.807) is 19.5 Å². The highest BCUT2D eigenvalue weighted by Gasteiger charge is 2.22. The lowest BCUT2D eigenvalue weighted by atomic mass is 10.1. The Labute approximate surface area is 162 Å². The molecule has 0 aliphatic carbocycles. The molecule has 6 nitrogen and oxygen atoms in total. The van der Waals surface area contributed by atoms with E-state index in [-0.39, 0.29) is 11.9 Å². The monoisotopic (exact) mass is 372 g/mol. The van der Waals surface area contributed by atoms with Gasteiger partial charge in [-0.15, -0.1) is 0 Å². The number of nitrogens with zero attached hydrogens (tertiary/aromatic N) is 3. The van der Waals surface area contributed by atoms with E-state index in [2.05, 4.69) is 15.3 Å². The molecule has 0 saturated heterocycles. The molecule has 1 aromatic carbocycles. The number of fused-ring (bicyclic) bond motifs is 1. The van der Waals surface area contributed by atoms with Crippen molar-refractivity contribution in [2.75, 3.05) is 7.11 Å². The molecule has 0 aliphatic rings. The number of methoxy groups -OCH3 is 1. The summed E-state index contributed by atoms with van der Waals surface area (Å²) in [4.78, 5) is 21.8. The first-order valence-corrected chi connectivity index (χ1v) is 8.99. The van der Waals surface area contributed by atoms with Gasteiger partial charge in [-0.1, -0.05) is 12.1 Å². The molecule has 1 N–H and O–H groups in total. The Morgan fingerprint density at radius 3 is 2.64 bits per heavy atom. The Morgan fingerprint density at radius 1 is 1.11 bits per heavy atom. The Bertz CT molecular complexity index is 1100. The zero-order valence-electron chi connectivity index (χ0n) is 15.7. The summed E-state index contributed by atoms with van der Waals surface area (Å²) in [5, 5.41) is 3.03. The van der Waals surface area contributed by atoms with Crippen LogP contribution in [0, 0.1) is 0 Å². The van der Waals surface area contributed by atoms with E-state index in [0.717, 1.165) is 22.6 Å². The largest absolute Gasteiger partial charge is 0.497 e. The van der Waals surface area contributed by atoms with Gasteiger partial charge < -0.3 is 10.1 Å². The molecule has 0 bridgehead atoms. The number of hydrogen-bond donors (Lipinski definition) is 1. The maximum absolute atomic E-state index is 13.1. The van der Waals surface area contributed by atoms with Crippen LogP contribution in [0.15, 0.2) is 73.2 Å². The molecule has 0 radical (unpaired) electrons. The summed E-state index contributed by atoms with van der Waals surface area (Å²) >= 11 is 0. The minimum atomic E-state index is -0.231. The van der Waals surface area contributed by atoms with E-state index in [4.69, 9.17) is 4.74 Å². The molecule has 0 spiro atoms. The Balaban J connectivity index is 1.74. The highest BCUT2D eigenvalue weighted by Crippen LogP contribution is 2.27. The number of nitrogens with one attached hydrogen (secondary N) is 1. The van der Waals surface area contributed by atoms with Gasteiger partial charge in [0, 0.05) is 24.2 Å². The molecular formula is C22H20N4O2. The molecule has 6 heteroatoms. The molecule has 0 fully saturated rings. The molecule has 0 aliphatic heterocycles. The number of pyridine rings is 2. The maximum Gasteiger partial charge on any atom is 0.272 e. The Kier molecular flexibility index (Phi) is 4.76. The van der Waals surface area contributed by atoms with Gasteiger partial charge in [-0.3, -0.25) is 14.2 Å². The number of benzene rings is 1. The summed E-state index contributed by atoms with van der Waals surface area (Å²) in [6.07, 6.45) is 5.37. The van der Waals surface area contributed by atoms with Gasteiger partial charge in [0.15, 0.2) is 5.69 Å². The SMILES string of the molecule is COc1ccc(-c2c(C(=O)N[C@H](C)c3cccnc3)nc3ccccn23)cc1. The Hall–Kier alpha value is -3.67. The van der Waals surface area contributed by atoms with Crippen LogP contribution in [-0.2, 0) is 0 Å². The van der Waals surface area contributed by atoms with E-state index < -0.39 is 0 Å². The fraction of sp³-hybridized carbons (Fsp3) is 0.136. The number of rotatable bonds is 5. The van der Waals surface area contributed by atoms with Crippen molar-refractivity contribution in [1.82, 2.24) is 19.7 Å². The minimum Gasteiger partial charge on any atom is -0.497 e. The van der Waals surface area contributed by atoms with Gasteiger partial charge in [0.25, 0.3) is 5.91 Å². The first kappa shape index (κ1) is 17.7. The predicted octanol–water partition coefficient (Wildman–Crippen LogP) is 3.90. The van der Waals surface area contributed by atoms with E-state index in [0.29, 0.717) is 11.3 Å². The maximum atomic E-state index is 13.1. The summed E-state index contributed by atoms with van der Waals surface area (Å²) in [5.74, 6) is 0.527. The van der Waals surface area contributed by atoms with E-state index in [9.17, 15) is 4.79 Å². The molecule has 0 unspecified atom stereocenters.